The molecule has 0 amide bonds. The van der Waals surface area contributed by atoms with Crippen molar-refractivity contribution in [1.29, 1.82) is 0 Å². The maximum Gasteiger partial charge on any atom is 0.341 e. The van der Waals surface area contributed by atoms with E-state index in [2.05, 4.69) is 41.0 Å². The van der Waals surface area contributed by atoms with Crippen molar-refractivity contribution in [2.45, 2.75) is 90.0 Å². The first kappa shape index (κ1) is 28.3. The molecule has 0 bridgehead atoms. The van der Waals surface area contributed by atoms with E-state index in [-0.39, 0.29) is 6.61 Å². The third-order valence-corrected chi connectivity index (χ3v) is 6.79. The summed E-state index contributed by atoms with van der Waals surface area (Å²) in [7, 11) is 0. The van der Waals surface area contributed by atoms with Gasteiger partial charge in [0.05, 0.1) is 5.52 Å². The van der Waals surface area contributed by atoms with E-state index < -0.39 is 11.9 Å². The number of rotatable bonds is 19. The molecular weight excluding hydrogens is 466 g/mol. The van der Waals surface area contributed by atoms with E-state index in [0.717, 1.165) is 50.6 Å². The van der Waals surface area contributed by atoms with Gasteiger partial charge in [-0.05, 0) is 56.7 Å². The van der Waals surface area contributed by atoms with Crippen molar-refractivity contribution in [1.82, 2.24) is 4.57 Å². The number of para-hydroxylation sites is 1. The van der Waals surface area contributed by atoms with E-state index in [1.807, 2.05) is 18.2 Å². The quantitative estimate of drug-likeness (QED) is 0.127. The molecule has 1 aromatic heterocycles. The molecule has 37 heavy (non-hydrogen) atoms. The molecule has 0 saturated carbocycles. The molecule has 0 atom stereocenters. The average Bonchev–Trinajstić information content (AvgIpc) is 3.20. The normalized spacial score (nSPS) is 11.6. The smallest absolute Gasteiger partial charge is 0.341 e. The SMILES string of the molecule is O=C(O)CCCCCCC/C=C/CCCCCCCn1c2ccccc2c2ccc(OCC(=O)O)cc21. The van der Waals surface area contributed by atoms with Crippen LogP contribution in [0.5, 0.6) is 5.75 Å². The maximum absolute atomic E-state index is 10.9. The van der Waals surface area contributed by atoms with E-state index in [9.17, 15) is 9.59 Å². The fourth-order valence-electron chi connectivity index (χ4n) is 4.87. The summed E-state index contributed by atoms with van der Waals surface area (Å²) in [5.41, 5.74) is 2.30. The molecule has 0 saturated heterocycles. The Morgan fingerprint density at radius 3 is 2.03 bits per heavy atom. The Labute approximate surface area is 219 Å². The van der Waals surface area contributed by atoms with Crippen molar-refractivity contribution in [2.24, 2.45) is 0 Å². The van der Waals surface area contributed by atoms with Crippen LogP contribution in [0.2, 0.25) is 0 Å². The van der Waals surface area contributed by atoms with E-state index >= 15 is 0 Å². The van der Waals surface area contributed by atoms with Crippen LogP contribution < -0.4 is 4.74 Å². The molecular formula is C31H41NO5. The second-order valence-corrected chi connectivity index (χ2v) is 9.76. The maximum atomic E-state index is 10.9. The van der Waals surface area contributed by atoms with Crippen LogP contribution in [0.3, 0.4) is 0 Å². The first-order chi connectivity index (χ1) is 18.1. The molecule has 3 aromatic rings. The van der Waals surface area contributed by atoms with E-state index in [1.54, 1.807) is 0 Å². The number of aliphatic carboxylic acids is 2. The van der Waals surface area contributed by atoms with Crippen molar-refractivity contribution in [3.63, 3.8) is 0 Å². The number of benzene rings is 2. The highest BCUT2D eigenvalue weighted by Gasteiger charge is 2.11. The molecule has 0 spiro atoms. The number of ether oxygens (including phenoxy) is 1. The molecule has 6 heteroatoms. The first-order valence-electron chi connectivity index (χ1n) is 13.8. The zero-order valence-electron chi connectivity index (χ0n) is 21.9. The Bertz CT molecular complexity index is 1160. The van der Waals surface area contributed by atoms with Gasteiger partial charge in [0.15, 0.2) is 6.61 Å². The number of carbonyl (C=O) groups is 2. The second kappa shape index (κ2) is 15.7. The van der Waals surface area contributed by atoms with Crippen LogP contribution in [0.1, 0.15) is 83.5 Å². The largest absolute Gasteiger partial charge is 0.482 e. The zero-order chi connectivity index (χ0) is 26.3. The summed E-state index contributed by atoms with van der Waals surface area (Å²) in [6.07, 6.45) is 18.5. The van der Waals surface area contributed by atoms with Gasteiger partial charge in [0, 0.05) is 35.3 Å². The minimum atomic E-state index is -0.974. The number of allylic oxidation sites excluding steroid dienone is 2. The minimum Gasteiger partial charge on any atom is -0.482 e. The number of carboxylic acid groups (broad SMARTS) is 2. The fourth-order valence-corrected chi connectivity index (χ4v) is 4.87. The monoisotopic (exact) mass is 507 g/mol. The van der Waals surface area contributed by atoms with Gasteiger partial charge in [-0.1, -0.05) is 68.9 Å². The molecule has 0 aliphatic heterocycles. The van der Waals surface area contributed by atoms with Crippen molar-refractivity contribution in [2.75, 3.05) is 6.61 Å². The highest BCUT2D eigenvalue weighted by atomic mass is 16.5. The summed E-state index contributed by atoms with van der Waals surface area (Å²) in [6.45, 7) is 0.597. The van der Waals surface area contributed by atoms with Crippen LogP contribution in [-0.4, -0.2) is 33.3 Å². The van der Waals surface area contributed by atoms with Crippen LogP contribution in [0.15, 0.2) is 54.6 Å². The molecule has 0 fully saturated rings. The van der Waals surface area contributed by atoms with Crippen LogP contribution >= 0.6 is 0 Å². The first-order valence-corrected chi connectivity index (χ1v) is 13.8. The molecule has 0 unspecified atom stereocenters. The minimum absolute atomic E-state index is 0.298. The molecule has 0 aliphatic carbocycles. The third kappa shape index (κ3) is 9.60. The predicted molar refractivity (Wildman–Crippen MR) is 149 cm³/mol. The Morgan fingerprint density at radius 1 is 0.703 bits per heavy atom. The lowest BCUT2D eigenvalue weighted by Gasteiger charge is -2.09. The van der Waals surface area contributed by atoms with Crippen molar-refractivity contribution in [3.8, 4) is 5.75 Å². The summed E-state index contributed by atoms with van der Waals surface area (Å²) >= 11 is 0. The van der Waals surface area contributed by atoms with Gasteiger partial charge in [0.2, 0.25) is 0 Å². The Hall–Kier alpha value is -3.28. The van der Waals surface area contributed by atoms with Crippen LogP contribution in [0.4, 0.5) is 0 Å². The van der Waals surface area contributed by atoms with Gasteiger partial charge in [-0.3, -0.25) is 4.79 Å². The number of hydrogen-bond acceptors (Lipinski definition) is 3. The summed E-state index contributed by atoms with van der Waals surface area (Å²) < 4.78 is 7.77. The lowest BCUT2D eigenvalue weighted by Crippen LogP contribution is -2.09. The number of carboxylic acids is 2. The second-order valence-electron chi connectivity index (χ2n) is 9.76. The Balaban J connectivity index is 1.34. The Morgan fingerprint density at radius 2 is 1.32 bits per heavy atom. The van der Waals surface area contributed by atoms with Gasteiger partial charge < -0.3 is 19.5 Å². The number of aromatic nitrogens is 1. The number of aryl methyl sites for hydroxylation is 1. The van der Waals surface area contributed by atoms with Gasteiger partial charge in [-0.15, -0.1) is 0 Å². The summed E-state index contributed by atoms with van der Waals surface area (Å²) in [5, 5.41) is 19.9. The molecule has 2 N–H and O–H groups in total. The molecule has 3 rings (SSSR count). The molecule has 0 aliphatic rings. The predicted octanol–water partition coefficient (Wildman–Crippen LogP) is 7.97. The molecule has 200 valence electrons. The van der Waals surface area contributed by atoms with Gasteiger partial charge in [0.1, 0.15) is 5.75 Å². The third-order valence-electron chi connectivity index (χ3n) is 6.79. The molecule has 6 nitrogen and oxygen atoms in total. The molecule has 1 heterocycles. The molecule has 0 radical (unpaired) electrons. The van der Waals surface area contributed by atoms with Crippen LogP contribution in [0, 0.1) is 0 Å². The van der Waals surface area contributed by atoms with Gasteiger partial charge in [-0.25, -0.2) is 4.79 Å². The lowest BCUT2D eigenvalue weighted by molar-refractivity contribution is -0.139. The summed E-state index contributed by atoms with van der Waals surface area (Å²) in [4.78, 5) is 21.4. The van der Waals surface area contributed by atoms with Crippen molar-refractivity contribution >= 4 is 33.7 Å². The van der Waals surface area contributed by atoms with Gasteiger partial charge in [-0.2, -0.15) is 0 Å². The summed E-state index contributed by atoms with van der Waals surface area (Å²) in [6, 6.07) is 14.3. The Kier molecular flexibility index (Phi) is 12.0. The van der Waals surface area contributed by atoms with Crippen molar-refractivity contribution < 1.29 is 24.5 Å². The fraction of sp³-hybridized carbons (Fsp3) is 0.484. The molecule has 2 aromatic carbocycles. The number of hydrogen-bond donors (Lipinski definition) is 2. The van der Waals surface area contributed by atoms with E-state index in [0.29, 0.717) is 12.2 Å². The zero-order valence-corrected chi connectivity index (χ0v) is 21.9. The highest BCUT2D eigenvalue weighted by molar-refractivity contribution is 6.08. The number of nitrogens with zero attached hydrogens (tertiary/aromatic N) is 1. The number of fused-ring (bicyclic) bond motifs is 3. The summed E-state index contributed by atoms with van der Waals surface area (Å²) in [5.74, 6) is -1.08. The van der Waals surface area contributed by atoms with Crippen molar-refractivity contribution in [3.05, 3.63) is 54.6 Å². The van der Waals surface area contributed by atoms with Gasteiger partial charge >= 0.3 is 11.9 Å². The average molecular weight is 508 g/mol. The van der Waals surface area contributed by atoms with Crippen LogP contribution in [0.25, 0.3) is 21.8 Å². The topological polar surface area (TPSA) is 88.8 Å². The van der Waals surface area contributed by atoms with E-state index in [1.165, 1.54) is 54.8 Å². The van der Waals surface area contributed by atoms with E-state index in [4.69, 9.17) is 14.9 Å². The standard InChI is InChI=1S/C31H41NO5/c33-30(34)19-13-11-9-7-5-3-1-2-4-6-8-10-12-16-22-32-28-18-15-14-17-26(28)27-21-20-25(23-29(27)32)37-24-31(35)36/h1-2,14-15,17-18,20-21,23H,3-13,16,19,22,24H2,(H,33,34)(H,35,36)/b2-1+. The number of unbranched alkanes of at least 4 members (excludes halogenated alkanes) is 10. The van der Waals surface area contributed by atoms with Gasteiger partial charge in [0.25, 0.3) is 0 Å². The highest BCUT2D eigenvalue weighted by Crippen LogP contribution is 2.32. The van der Waals surface area contributed by atoms with Crippen LogP contribution in [-0.2, 0) is 16.1 Å². The lowest BCUT2D eigenvalue weighted by atomic mass is 10.1.